The Morgan fingerprint density at radius 3 is 2.82 bits per heavy atom. The fraction of sp³-hybridized carbons (Fsp3) is 0.455. The Hall–Kier alpha value is -1.40. The average molecular weight is 256 g/mol. The van der Waals surface area contributed by atoms with Crippen LogP contribution in [0, 0.1) is 5.92 Å². The van der Waals surface area contributed by atoms with Crippen molar-refractivity contribution in [3.8, 4) is 0 Å². The van der Waals surface area contributed by atoms with Gasteiger partial charge in [-0.1, -0.05) is 13.0 Å². The summed E-state index contributed by atoms with van der Waals surface area (Å²) in [4.78, 5) is 23.4. The molecule has 0 aliphatic heterocycles. The lowest BCUT2D eigenvalue weighted by Gasteiger charge is -2.09. The summed E-state index contributed by atoms with van der Waals surface area (Å²) in [5.74, 6) is -0.479. The first-order valence-electron chi connectivity index (χ1n) is 5.32. The molecule has 0 saturated heterocycles. The van der Waals surface area contributed by atoms with Crippen LogP contribution in [0.1, 0.15) is 16.6 Å². The third-order valence-electron chi connectivity index (χ3n) is 2.11. The van der Waals surface area contributed by atoms with Crippen molar-refractivity contribution in [2.24, 2.45) is 5.92 Å². The molecular formula is C11H16N2O3S. The van der Waals surface area contributed by atoms with Crippen molar-refractivity contribution >= 4 is 23.2 Å². The van der Waals surface area contributed by atoms with E-state index in [1.54, 1.807) is 17.5 Å². The normalized spacial score (nSPS) is 11.9. The van der Waals surface area contributed by atoms with E-state index in [0.717, 1.165) is 0 Å². The number of rotatable bonds is 6. The van der Waals surface area contributed by atoms with Crippen molar-refractivity contribution in [2.45, 2.75) is 6.92 Å². The number of carbonyl (C=O) groups is 2. The monoisotopic (exact) mass is 256 g/mol. The molecule has 1 aromatic heterocycles. The lowest BCUT2D eigenvalue weighted by molar-refractivity contribution is -0.120. The predicted octanol–water partition coefficient (Wildman–Crippen LogP) is 0.222. The summed E-state index contributed by atoms with van der Waals surface area (Å²) in [6.07, 6.45) is 0. The second-order valence-electron chi connectivity index (χ2n) is 3.75. The van der Waals surface area contributed by atoms with E-state index in [9.17, 15) is 9.59 Å². The number of hydrogen-bond donors (Lipinski definition) is 3. The molecular weight excluding hydrogens is 240 g/mol. The van der Waals surface area contributed by atoms with Gasteiger partial charge in [-0.2, -0.15) is 0 Å². The van der Waals surface area contributed by atoms with E-state index in [4.69, 9.17) is 5.11 Å². The van der Waals surface area contributed by atoms with Gasteiger partial charge in [-0.15, -0.1) is 11.3 Å². The van der Waals surface area contributed by atoms with Gasteiger partial charge in [0.25, 0.3) is 5.91 Å². The molecule has 1 rings (SSSR count). The summed E-state index contributed by atoms with van der Waals surface area (Å²) in [6.45, 7) is 2.21. The van der Waals surface area contributed by atoms with Gasteiger partial charge in [0.2, 0.25) is 5.91 Å². The number of thiophene rings is 1. The third-order valence-corrected chi connectivity index (χ3v) is 2.98. The highest BCUT2D eigenvalue weighted by molar-refractivity contribution is 7.12. The van der Waals surface area contributed by atoms with Crippen LogP contribution in [-0.2, 0) is 4.79 Å². The van der Waals surface area contributed by atoms with Gasteiger partial charge in [0.05, 0.1) is 11.4 Å². The van der Waals surface area contributed by atoms with Crippen molar-refractivity contribution in [3.63, 3.8) is 0 Å². The Kier molecular flexibility index (Phi) is 5.65. The van der Waals surface area contributed by atoms with Crippen molar-refractivity contribution < 1.29 is 14.7 Å². The van der Waals surface area contributed by atoms with Crippen molar-refractivity contribution in [2.75, 3.05) is 19.7 Å². The maximum atomic E-state index is 11.5. The van der Waals surface area contributed by atoms with E-state index in [0.29, 0.717) is 11.4 Å². The second-order valence-corrected chi connectivity index (χ2v) is 4.70. The lowest BCUT2D eigenvalue weighted by atomic mass is 10.2. The van der Waals surface area contributed by atoms with Gasteiger partial charge in [0, 0.05) is 13.2 Å². The fourth-order valence-electron chi connectivity index (χ4n) is 1.07. The average Bonchev–Trinajstić information content (AvgIpc) is 2.86. The van der Waals surface area contributed by atoms with E-state index in [1.807, 2.05) is 6.92 Å². The van der Waals surface area contributed by atoms with Gasteiger partial charge in [-0.05, 0) is 17.4 Å². The molecule has 0 aliphatic rings. The summed E-state index contributed by atoms with van der Waals surface area (Å²) in [5.41, 5.74) is 0. The van der Waals surface area contributed by atoms with Crippen molar-refractivity contribution in [1.29, 1.82) is 0 Å². The van der Waals surface area contributed by atoms with E-state index < -0.39 is 0 Å². The summed E-state index contributed by atoms with van der Waals surface area (Å²) in [6, 6.07) is 3.48. The Labute approximate surface area is 104 Å². The van der Waals surface area contributed by atoms with Gasteiger partial charge in [-0.25, -0.2) is 0 Å². The molecule has 17 heavy (non-hydrogen) atoms. The molecule has 1 heterocycles. The molecule has 1 unspecified atom stereocenters. The molecule has 0 fully saturated rings. The Morgan fingerprint density at radius 2 is 2.24 bits per heavy atom. The molecule has 5 nitrogen and oxygen atoms in total. The molecule has 94 valence electrons. The molecule has 0 bridgehead atoms. The standard InChI is InChI=1S/C11H16N2O3S/c1-8(7-14)5-12-10(15)6-13-11(16)9-3-2-4-17-9/h2-4,8,14H,5-7H2,1H3,(H,12,15)(H,13,16). The minimum atomic E-state index is -0.254. The van der Waals surface area contributed by atoms with Gasteiger partial charge in [0.1, 0.15) is 0 Å². The van der Waals surface area contributed by atoms with E-state index >= 15 is 0 Å². The molecule has 2 amide bonds. The maximum Gasteiger partial charge on any atom is 0.261 e. The van der Waals surface area contributed by atoms with Crippen molar-refractivity contribution in [3.05, 3.63) is 22.4 Å². The minimum absolute atomic E-state index is 0.0203. The zero-order valence-electron chi connectivity index (χ0n) is 9.60. The molecule has 1 atom stereocenters. The van der Waals surface area contributed by atoms with E-state index in [-0.39, 0.29) is 30.9 Å². The third kappa shape index (κ3) is 4.97. The Bertz CT molecular complexity index is 365. The highest BCUT2D eigenvalue weighted by Crippen LogP contribution is 2.07. The predicted molar refractivity (Wildman–Crippen MR) is 65.9 cm³/mol. The van der Waals surface area contributed by atoms with Crippen LogP contribution < -0.4 is 10.6 Å². The first-order chi connectivity index (χ1) is 8.13. The Morgan fingerprint density at radius 1 is 1.47 bits per heavy atom. The summed E-state index contributed by atoms with van der Waals surface area (Å²) >= 11 is 1.33. The topological polar surface area (TPSA) is 78.4 Å². The first-order valence-corrected chi connectivity index (χ1v) is 6.20. The number of carbonyl (C=O) groups excluding carboxylic acids is 2. The van der Waals surface area contributed by atoms with Crippen LogP contribution in [0.5, 0.6) is 0 Å². The molecule has 0 radical (unpaired) electrons. The van der Waals surface area contributed by atoms with Crippen LogP contribution >= 0.6 is 11.3 Å². The van der Waals surface area contributed by atoms with Crippen LogP contribution in [0.2, 0.25) is 0 Å². The van der Waals surface area contributed by atoms with Gasteiger partial charge >= 0.3 is 0 Å². The molecule has 3 N–H and O–H groups in total. The highest BCUT2D eigenvalue weighted by atomic mass is 32.1. The molecule has 6 heteroatoms. The molecule has 0 aromatic carbocycles. The molecule has 0 spiro atoms. The van der Waals surface area contributed by atoms with Crippen LogP contribution in [0.25, 0.3) is 0 Å². The van der Waals surface area contributed by atoms with E-state index in [2.05, 4.69) is 10.6 Å². The summed E-state index contributed by atoms with van der Waals surface area (Å²) in [5, 5.41) is 15.7. The first kappa shape index (κ1) is 13.7. The highest BCUT2D eigenvalue weighted by Gasteiger charge is 2.09. The molecule has 0 saturated carbocycles. The van der Waals surface area contributed by atoms with Crippen LogP contribution in [0.15, 0.2) is 17.5 Å². The van der Waals surface area contributed by atoms with Gasteiger partial charge in [-0.3, -0.25) is 9.59 Å². The van der Waals surface area contributed by atoms with Crippen LogP contribution in [-0.4, -0.2) is 36.6 Å². The number of amides is 2. The SMILES string of the molecule is CC(CO)CNC(=O)CNC(=O)c1cccs1. The van der Waals surface area contributed by atoms with Crippen LogP contribution in [0.4, 0.5) is 0 Å². The van der Waals surface area contributed by atoms with Gasteiger partial charge < -0.3 is 15.7 Å². The molecule has 1 aromatic rings. The number of nitrogens with one attached hydrogen (secondary N) is 2. The zero-order chi connectivity index (χ0) is 12.7. The molecule has 0 aliphatic carbocycles. The maximum absolute atomic E-state index is 11.5. The smallest absolute Gasteiger partial charge is 0.261 e. The van der Waals surface area contributed by atoms with E-state index in [1.165, 1.54) is 11.3 Å². The lowest BCUT2D eigenvalue weighted by Crippen LogP contribution is -2.38. The summed E-state index contributed by atoms with van der Waals surface area (Å²) in [7, 11) is 0. The zero-order valence-corrected chi connectivity index (χ0v) is 10.4. The number of aliphatic hydroxyl groups is 1. The number of hydrogen-bond acceptors (Lipinski definition) is 4. The quantitative estimate of drug-likeness (QED) is 0.681. The largest absolute Gasteiger partial charge is 0.396 e. The van der Waals surface area contributed by atoms with Crippen LogP contribution in [0.3, 0.4) is 0 Å². The minimum Gasteiger partial charge on any atom is -0.396 e. The van der Waals surface area contributed by atoms with Gasteiger partial charge in [0.15, 0.2) is 0 Å². The van der Waals surface area contributed by atoms with Crippen molar-refractivity contribution in [1.82, 2.24) is 10.6 Å². The fourth-order valence-corrected chi connectivity index (χ4v) is 1.71. The second kappa shape index (κ2) is 7.03. The summed E-state index contributed by atoms with van der Waals surface area (Å²) < 4.78 is 0. The Balaban J connectivity index is 2.22. The number of aliphatic hydroxyl groups excluding tert-OH is 1.